The van der Waals surface area contributed by atoms with Gasteiger partial charge in [-0.2, -0.15) is 0 Å². The quantitative estimate of drug-likeness (QED) is 0.569. The standard InChI is InChI=1S/C21H16O2/c22-18(12-6-14-4-2-1-3-5-14)17-11-9-15-7-8-16-10-13-19(23)21(17)20(15)16/h1-6,9-13,23H,7-8H2/b12-6+. The highest BCUT2D eigenvalue weighted by atomic mass is 16.3. The van der Waals surface area contributed by atoms with Gasteiger partial charge < -0.3 is 5.11 Å². The fraction of sp³-hybridized carbons (Fsp3) is 0.0952. The second-order valence-electron chi connectivity index (χ2n) is 5.87. The van der Waals surface area contributed by atoms with Crippen molar-refractivity contribution in [3.63, 3.8) is 0 Å². The number of hydrogen-bond acceptors (Lipinski definition) is 2. The molecule has 0 fully saturated rings. The lowest BCUT2D eigenvalue weighted by atomic mass is 9.96. The number of allylic oxidation sites excluding steroid dienone is 1. The Bertz CT molecular complexity index is 927. The van der Waals surface area contributed by atoms with Gasteiger partial charge in [-0.25, -0.2) is 0 Å². The van der Waals surface area contributed by atoms with Crippen molar-refractivity contribution in [2.24, 2.45) is 0 Å². The van der Waals surface area contributed by atoms with Gasteiger partial charge in [0, 0.05) is 10.9 Å². The third kappa shape index (κ3) is 2.33. The van der Waals surface area contributed by atoms with Crippen molar-refractivity contribution in [2.45, 2.75) is 12.8 Å². The summed E-state index contributed by atoms with van der Waals surface area (Å²) in [5.41, 5.74) is 3.98. The number of phenolic OH excluding ortho intramolecular Hbond substituents is 1. The minimum absolute atomic E-state index is 0.0836. The van der Waals surface area contributed by atoms with E-state index in [0.717, 1.165) is 23.8 Å². The van der Waals surface area contributed by atoms with Crippen LogP contribution in [0.2, 0.25) is 0 Å². The third-order valence-electron chi connectivity index (χ3n) is 4.47. The lowest BCUT2D eigenvalue weighted by molar-refractivity contribution is 0.104. The fourth-order valence-corrected chi connectivity index (χ4v) is 3.34. The van der Waals surface area contributed by atoms with Crippen LogP contribution in [0.4, 0.5) is 0 Å². The van der Waals surface area contributed by atoms with E-state index in [4.69, 9.17) is 0 Å². The first-order valence-corrected chi connectivity index (χ1v) is 7.78. The zero-order valence-corrected chi connectivity index (χ0v) is 12.6. The van der Waals surface area contributed by atoms with E-state index in [1.54, 1.807) is 12.1 Å². The van der Waals surface area contributed by atoms with Gasteiger partial charge in [0.05, 0.1) is 0 Å². The molecule has 0 amide bonds. The summed E-state index contributed by atoms with van der Waals surface area (Å²) >= 11 is 0. The maximum Gasteiger partial charge on any atom is 0.186 e. The summed E-state index contributed by atoms with van der Waals surface area (Å²) < 4.78 is 0. The fourth-order valence-electron chi connectivity index (χ4n) is 3.34. The highest BCUT2D eigenvalue weighted by molar-refractivity contribution is 6.17. The Morgan fingerprint density at radius 2 is 1.57 bits per heavy atom. The number of rotatable bonds is 3. The number of hydrogen-bond donors (Lipinski definition) is 1. The molecule has 2 nitrogen and oxygen atoms in total. The van der Waals surface area contributed by atoms with Gasteiger partial charge in [-0.3, -0.25) is 4.79 Å². The maximum absolute atomic E-state index is 12.6. The average molecular weight is 300 g/mol. The van der Waals surface area contributed by atoms with E-state index < -0.39 is 0 Å². The highest BCUT2D eigenvalue weighted by Crippen LogP contribution is 2.38. The summed E-state index contributed by atoms with van der Waals surface area (Å²) in [5, 5.41) is 12.0. The molecule has 3 aromatic rings. The van der Waals surface area contributed by atoms with Crippen LogP contribution in [0.15, 0.2) is 60.7 Å². The van der Waals surface area contributed by atoms with Crippen molar-refractivity contribution in [1.29, 1.82) is 0 Å². The van der Waals surface area contributed by atoms with E-state index >= 15 is 0 Å². The Balaban J connectivity index is 1.81. The van der Waals surface area contributed by atoms with Crippen LogP contribution in [-0.2, 0) is 12.8 Å². The lowest BCUT2D eigenvalue weighted by Crippen LogP contribution is -1.97. The van der Waals surface area contributed by atoms with E-state index in [1.165, 1.54) is 11.1 Å². The Kier molecular flexibility index (Phi) is 3.23. The molecule has 1 N–H and O–H groups in total. The highest BCUT2D eigenvalue weighted by Gasteiger charge is 2.20. The number of benzene rings is 3. The predicted molar refractivity (Wildman–Crippen MR) is 92.8 cm³/mol. The van der Waals surface area contributed by atoms with Gasteiger partial charge in [-0.1, -0.05) is 48.5 Å². The number of ketones is 1. The topological polar surface area (TPSA) is 37.3 Å². The first kappa shape index (κ1) is 13.8. The normalized spacial score (nSPS) is 13.0. The molecule has 0 aromatic heterocycles. The van der Waals surface area contributed by atoms with E-state index in [0.29, 0.717) is 10.9 Å². The molecule has 0 unspecified atom stereocenters. The summed E-state index contributed by atoms with van der Waals surface area (Å²) in [7, 11) is 0. The molecule has 0 atom stereocenters. The van der Waals surface area contributed by atoms with Crippen LogP contribution in [0.25, 0.3) is 16.8 Å². The van der Waals surface area contributed by atoms with E-state index in [-0.39, 0.29) is 11.5 Å². The summed E-state index contributed by atoms with van der Waals surface area (Å²) in [6.45, 7) is 0. The molecule has 23 heavy (non-hydrogen) atoms. The molecule has 0 spiro atoms. The Hall–Kier alpha value is -2.87. The van der Waals surface area contributed by atoms with Gasteiger partial charge >= 0.3 is 0 Å². The molecule has 0 saturated carbocycles. The van der Waals surface area contributed by atoms with Crippen LogP contribution in [0.5, 0.6) is 5.75 Å². The zero-order valence-electron chi connectivity index (χ0n) is 12.6. The molecule has 0 bridgehead atoms. The van der Waals surface area contributed by atoms with Crippen LogP contribution in [0.1, 0.15) is 27.0 Å². The number of carbonyl (C=O) groups is 1. The molecule has 0 radical (unpaired) electrons. The number of phenols is 1. The van der Waals surface area contributed by atoms with Crippen molar-refractivity contribution in [3.8, 4) is 5.75 Å². The summed E-state index contributed by atoms with van der Waals surface area (Å²) in [5.74, 6) is 0.101. The first-order valence-electron chi connectivity index (χ1n) is 7.78. The van der Waals surface area contributed by atoms with Gasteiger partial charge in [0.1, 0.15) is 5.75 Å². The smallest absolute Gasteiger partial charge is 0.186 e. The van der Waals surface area contributed by atoms with E-state index in [1.807, 2.05) is 54.6 Å². The molecule has 0 saturated heterocycles. The van der Waals surface area contributed by atoms with Gasteiger partial charge in [0.15, 0.2) is 5.78 Å². The van der Waals surface area contributed by atoms with Crippen molar-refractivity contribution in [2.75, 3.05) is 0 Å². The van der Waals surface area contributed by atoms with Gasteiger partial charge in [-0.15, -0.1) is 0 Å². The SMILES string of the molecule is O=C(/C=C/c1ccccc1)c1ccc2c3c(ccc(O)c13)CC2. The minimum Gasteiger partial charge on any atom is -0.507 e. The second kappa shape index (κ2) is 5.40. The molecule has 0 heterocycles. The molecule has 1 aliphatic rings. The molecular formula is C21H16O2. The van der Waals surface area contributed by atoms with Crippen LogP contribution < -0.4 is 0 Å². The van der Waals surface area contributed by atoms with Gasteiger partial charge in [0.2, 0.25) is 0 Å². The van der Waals surface area contributed by atoms with Crippen LogP contribution >= 0.6 is 0 Å². The Labute approximate surface area is 134 Å². The molecule has 1 aliphatic carbocycles. The molecule has 2 heteroatoms. The third-order valence-corrected chi connectivity index (χ3v) is 4.47. The largest absolute Gasteiger partial charge is 0.507 e. The van der Waals surface area contributed by atoms with Gasteiger partial charge in [-0.05, 0) is 53.1 Å². The van der Waals surface area contributed by atoms with Crippen molar-refractivity contribution in [3.05, 3.63) is 82.9 Å². The molecule has 112 valence electrons. The Morgan fingerprint density at radius 3 is 2.30 bits per heavy atom. The summed E-state index contributed by atoms with van der Waals surface area (Å²) in [6.07, 6.45) is 5.34. The van der Waals surface area contributed by atoms with E-state index in [2.05, 4.69) is 0 Å². The molecular weight excluding hydrogens is 284 g/mol. The average Bonchev–Trinajstić information content (AvgIpc) is 3.01. The molecule has 0 aliphatic heterocycles. The summed E-state index contributed by atoms with van der Waals surface area (Å²) in [6, 6.07) is 17.2. The van der Waals surface area contributed by atoms with Crippen molar-refractivity contribution >= 4 is 22.6 Å². The van der Waals surface area contributed by atoms with Crippen LogP contribution in [0.3, 0.4) is 0 Å². The van der Waals surface area contributed by atoms with Crippen molar-refractivity contribution in [1.82, 2.24) is 0 Å². The lowest BCUT2D eigenvalue weighted by Gasteiger charge is -2.08. The molecule has 3 aromatic carbocycles. The number of carbonyl (C=O) groups excluding carboxylic acids is 1. The monoisotopic (exact) mass is 300 g/mol. The summed E-state index contributed by atoms with van der Waals surface area (Å²) in [4.78, 5) is 12.6. The number of aromatic hydroxyl groups is 1. The van der Waals surface area contributed by atoms with Crippen LogP contribution in [-0.4, -0.2) is 10.9 Å². The second-order valence-corrected chi connectivity index (χ2v) is 5.87. The van der Waals surface area contributed by atoms with Crippen LogP contribution in [0, 0.1) is 0 Å². The Morgan fingerprint density at radius 1 is 0.870 bits per heavy atom. The zero-order chi connectivity index (χ0) is 15.8. The minimum atomic E-state index is -0.0836. The molecule has 4 rings (SSSR count). The number of aryl methyl sites for hydroxylation is 2. The predicted octanol–water partition coefficient (Wildman–Crippen LogP) is 4.54. The maximum atomic E-state index is 12.6. The van der Waals surface area contributed by atoms with Crippen molar-refractivity contribution < 1.29 is 9.90 Å². The first-order chi connectivity index (χ1) is 11.2. The van der Waals surface area contributed by atoms with E-state index in [9.17, 15) is 9.90 Å². The van der Waals surface area contributed by atoms with Gasteiger partial charge in [0.25, 0.3) is 0 Å².